The van der Waals surface area contributed by atoms with Crippen molar-refractivity contribution < 1.29 is 5.11 Å². The van der Waals surface area contributed by atoms with E-state index in [2.05, 4.69) is 0 Å². The van der Waals surface area contributed by atoms with Gasteiger partial charge in [-0.15, -0.1) is 0 Å². The fourth-order valence-corrected chi connectivity index (χ4v) is 1.21. The smallest absolute Gasteiger partial charge is 0.114 e. The lowest BCUT2D eigenvalue weighted by atomic mass is 9.94. The van der Waals surface area contributed by atoms with Crippen LogP contribution in [0.15, 0.2) is 24.3 Å². The highest BCUT2D eigenvalue weighted by atomic mass is 35.5. The maximum absolute atomic E-state index is 9.90. The van der Waals surface area contributed by atoms with E-state index in [-0.39, 0.29) is 13.1 Å². The third kappa shape index (κ3) is 2.19. The summed E-state index contributed by atoms with van der Waals surface area (Å²) in [5.74, 6) is 0. The SMILES string of the molecule is NCC(O)(CN)c1ccc(Cl)cc1. The lowest BCUT2D eigenvalue weighted by Gasteiger charge is -2.24. The number of nitrogens with two attached hydrogens (primary N) is 2. The molecule has 0 heterocycles. The van der Waals surface area contributed by atoms with Gasteiger partial charge >= 0.3 is 0 Å². The summed E-state index contributed by atoms with van der Waals surface area (Å²) in [6.07, 6.45) is 0. The van der Waals surface area contributed by atoms with E-state index in [0.29, 0.717) is 10.6 Å². The third-order valence-corrected chi connectivity index (χ3v) is 2.31. The van der Waals surface area contributed by atoms with Crippen molar-refractivity contribution in [3.8, 4) is 0 Å². The number of aliphatic hydroxyl groups is 1. The maximum Gasteiger partial charge on any atom is 0.114 e. The topological polar surface area (TPSA) is 72.3 Å². The molecule has 4 heteroatoms. The van der Waals surface area contributed by atoms with Gasteiger partial charge in [0.25, 0.3) is 0 Å². The minimum atomic E-state index is -1.13. The first-order chi connectivity index (χ1) is 6.12. The van der Waals surface area contributed by atoms with E-state index < -0.39 is 5.60 Å². The third-order valence-electron chi connectivity index (χ3n) is 2.06. The molecule has 0 fully saturated rings. The second kappa shape index (κ2) is 4.07. The summed E-state index contributed by atoms with van der Waals surface area (Å²) in [7, 11) is 0. The Hall–Kier alpha value is -0.610. The average molecular weight is 201 g/mol. The van der Waals surface area contributed by atoms with Crippen molar-refractivity contribution in [2.75, 3.05) is 13.1 Å². The summed E-state index contributed by atoms with van der Waals surface area (Å²) in [6, 6.07) is 6.85. The van der Waals surface area contributed by atoms with Gasteiger partial charge in [-0.05, 0) is 17.7 Å². The number of rotatable bonds is 3. The molecule has 1 aromatic carbocycles. The molecule has 13 heavy (non-hydrogen) atoms. The molecule has 0 spiro atoms. The van der Waals surface area contributed by atoms with Crippen LogP contribution in [0.3, 0.4) is 0 Å². The Bertz CT molecular complexity index is 269. The highest BCUT2D eigenvalue weighted by Crippen LogP contribution is 2.20. The molecule has 0 aliphatic rings. The first kappa shape index (κ1) is 10.5. The zero-order valence-electron chi connectivity index (χ0n) is 7.20. The molecule has 5 N–H and O–H groups in total. The van der Waals surface area contributed by atoms with Gasteiger partial charge in [0.1, 0.15) is 5.60 Å². The minimum absolute atomic E-state index is 0.102. The van der Waals surface area contributed by atoms with Crippen LogP contribution in [0.4, 0.5) is 0 Å². The summed E-state index contributed by atoms with van der Waals surface area (Å²) < 4.78 is 0. The van der Waals surface area contributed by atoms with Crippen LogP contribution in [0.2, 0.25) is 5.02 Å². The Morgan fingerprint density at radius 1 is 1.15 bits per heavy atom. The van der Waals surface area contributed by atoms with Crippen LogP contribution in [0.25, 0.3) is 0 Å². The molecular formula is C9H13ClN2O. The summed E-state index contributed by atoms with van der Waals surface area (Å²) in [5, 5.41) is 10.5. The highest BCUT2D eigenvalue weighted by molar-refractivity contribution is 6.30. The Morgan fingerprint density at radius 2 is 1.62 bits per heavy atom. The van der Waals surface area contributed by atoms with E-state index >= 15 is 0 Å². The highest BCUT2D eigenvalue weighted by Gasteiger charge is 2.25. The van der Waals surface area contributed by atoms with Gasteiger partial charge < -0.3 is 16.6 Å². The van der Waals surface area contributed by atoms with Crippen molar-refractivity contribution in [1.29, 1.82) is 0 Å². The summed E-state index contributed by atoms with van der Waals surface area (Å²) in [5.41, 5.74) is 10.4. The van der Waals surface area contributed by atoms with E-state index in [1.54, 1.807) is 24.3 Å². The molecule has 0 bridgehead atoms. The number of hydrogen-bond acceptors (Lipinski definition) is 3. The van der Waals surface area contributed by atoms with Crippen LogP contribution in [0.5, 0.6) is 0 Å². The predicted molar refractivity (Wildman–Crippen MR) is 53.5 cm³/mol. The largest absolute Gasteiger partial charge is 0.383 e. The van der Waals surface area contributed by atoms with Crippen LogP contribution >= 0.6 is 11.6 Å². The normalized spacial score (nSPS) is 11.7. The Kier molecular flexibility index (Phi) is 3.27. The molecule has 0 radical (unpaired) electrons. The van der Waals surface area contributed by atoms with Crippen LogP contribution < -0.4 is 11.5 Å². The van der Waals surface area contributed by atoms with Crippen molar-refractivity contribution in [2.45, 2.75) is 5.60 Å². The molecule has 72 valence electrons. The Morgan fingerprint density at radius 3 is 2.00 bits per heavy atom. The van der Waals surface area contributed by atoms with Crippen molar-refractivity contribution in [1.82, 2.24) is 0 Å². The van der Waals surface area contributed by atoms with Gasteiger partial charge in [-0.3, -0.25) is 0 Å². The summed E-state index contributed by atoms with van der Waals surface area (Å²) >= 11 is 5.70. The Balaban J connectivity index is 2.99. The van der Waals surface area contributed by atoms with E-state index in [1.165, 1.54) is 0 Å². The van der Waals surface area contributed by atoms with Gasteiger partial charge in [0.15, 0.2) is 0 Å². The molecule has 1 aromatic rings. The van der Waals surface area contributed by atoms with Gasteiger partial charge in [-0.25, -0.2) is 0 Å². The van der Waals surface area contributed by atoms with E-state index in [9.17, 15) is 5.11 Å². The van der Waals surface area contributed by atoms with Gasteiger partial charge in [-0.2, -0.15) is 0 Å². The van der Waals surface area contributed by atoms with Crippen LogP contribution in [0.1, 0.15) is 5.56 Å². The second-order valence-electron chi connectivity index (χ2n) is 2.95. The van der Waals surface area contributed by atoms with Crippen LogP contribution in [-0.4, -0.2) is 18.2 Å². The number of benzene rings is 1. The van der Waals surface area contributed by atoms with Crippen molar-refractivity contribution in [3.63, 3.8) is 0 Å². The van der Waals surface area contributed by atoms with E-state index in [1.807, 2.05) is 0 Å². The van der Waals surface area contributed by atoms with Gasteiger partial charge in [0.05, 0.1) is 0 Å². The quantitative estimate of drug-likeness (QED) is 0.663. The van der Waals surface area contributed by atoms with Crippen LogP contribution in [-0.2, 0) is 5.60 Å². The first-order valence-corrected chi connectivity index (χ1v) is 4.39. The van der Waals surface area contributed by atoms with Gasteiger partial charge in [0, 0.05) is 18.1 Å². The molecule has 3 nitrogen and oxygen atoms in total. The zero-order valence-corrected chi connectivity index (χ0v) is 7.96. The monoisotopic (exact) mass is 200 g/mol. The zero-order chi connectivity index (χ0) is 9.90. The standard InChI is InChI=1S/C9H13ClN2O/c10-8-3-1-7(2-4-8)9(13,5-11)6-12/h1-4,13H,5-6,11-12H2. The molecule has 1 rings (SSSR count). The lowest BCUT2D eigenvalue weighted by molar-refractivity contribution is 0.0554. The maximum atomic E-state index is 9.90. The molecule has 0 atom stereocenters. The van der Waals surface area contributed by atoms with Crippen LogP contribution in [0, 0.1) is 0 Å². The lowest BCUT2D eigenvalue weighted by Crippen LogP contribution is -2.41. The van der Waals surface area contributed by atoms with E-state index in [0.717, 1.165) is 0 Å². The molecule has 0 saturated heterocycles. The minimum Gasteiger partial charge on any atom is -0.383 e. The summed E-state index contributed by atoms with van der Waals surface area (Å²) in [6.45, 7) is 0.205. The molecule has 0 saturated carbocycles. The molecule has 0 aliphatic carbocycles. The van der Waals surface area contributed by atoms with Gasteiger partial charge in [-0.1, -0.05) is 23.7 Å². The van der Waals surface area contributed by atoms with Crippen molar-refractivity contribution in [2.24, 2.45) is 11.5 Å². The molecule has 0 aromatic heterocycles. The molecule has 0 amide bonds. The molecule has 0 unspecified atom stereocenters. The predicted octanol–water partition coefficient (Wildman–Crippen LogP) is 0.445. The van der Waals surface area contributed by atoms with Gasteiger partial charge in [0.2, 0.25) is 0 Å². The van der Waals surface area contributed by atoms with E-state index in [4.69, 9.17) is 23.1 Å². The molecule has 0 aliphatic heterocycles. The number of hydrogen-bond donors (Lipinski definition) is 3. The van der Waals surface area contributed by atoms with Crippen molar-refractivity contribution >= 4 is 11.6 Å². The fraction of sp³-hybridized carbons (Fsp3) is 0.333. The van der Waals surface area contributed by atoms with Crippen molar-refractivity contribution in [3.05, 3.63) is 34.9 Å². The average Bonchev–Trinajstić information content (AvgIpc) is 2.18. The second-order valence-corrected chi connectivity index (χ2v) is 3.38. The Labute approximate surface area is 82.3 Å². The molecular weight excluding hydrogens is 188 g/mol. The fourth-order valence-electron chi connectivity index (χ4n) is 1.08. The first-order valence-electron chi connectivity index (χ1n) is 4.01. The number of halogens is 1. The summed E-state index contributed by atoms with van der Waals surface area (Å²) in [4.78, 5) is 0.